The van der Waals surface area contributed by atoms with E-state index in [9.17, 15) is 74.4 Å². The number of nitrogens with one attached hydrogen (secondary N) is 6. The molecule has 0 aromatic carbocycles. The smallest absolute Gasteiger partial charge is 0.404 e. The summed E-state index contributed by atoms with van der Waals surface area (Å²) < 4.78 is 33.8. The highest BCUT2D eigenvalue weighted by atomic mass is 32.1. The molecule has 0 saturated carbocycles. The number of hydrogen-bond donors (Lipinski definition) is 20. The number of nitrogen functional groups attached to an aromatic ring is 1. The summed E-state index contributed by atoms with van der Waals surface area (Å²) in [7, 11) is 0. The van der Waals surface area contributed by atoms with E-state index in [0.29, 0.717) is 28.7 Å². The van der Waals surface area contributed by atoms with Crippen LogP contribution in [0.4, 0.5) is 10.6 Å². The molecule has 19 unspecified atom stereocenters. The standard InChI is InChI=1S/C53H79N17O22S2/c1-18-31(67-44(70-42(18)57)23(10-29(56)74)62-11-22(55)43(58)80)47(83)69-33(39(24-12-60-17-63-24)90-52-41(37(78)35(76)27(13-71)89-52)91-51-38(79)40(92-53(59)86)36(77)28(14-72)88-51)48(84)64-20(3)34(75)19(2)45(81)68-32(21(4)73)46(82)61-8-6-30-65-25(15-93-30)49-66-26(16-94-49)50(85)87-9-5-7-54/h12,15-17,19-23,27-28,32-41,51-52,62,71-73,75-79H,5-11,13-14,54-55H2,1-4H3,(H2,56,74)(H2,58,80)(H2,59,86)(H,60,63)(H,61,82)(H,64,84)(H,68,81)(H,69,83)(H2,57,67,70). The monoisotopic (exact) mass is 1370 g/mol. The number of hydrogen-bond acceptors (Lipinski definition) is 33. The highest BCUT2D eigenvalue weighted by Crippen LogP contribution is 2.35. The molecule has 41 heteroatoms. The summed E-state index contributed by atoms with van der Waals surface area (Å²) in [6.07, 6.45) is -24.7. The molecule has 4 aromatic heterocycles. The van der Waals surface area contributed by atoms with Gasteiger partial charge in [-0.1, -0.05) is 6.92 Å². The Morgan fingerprint density at radius 1 is 0.809 bits per heavy atom. The van der Waals surface area contributed by atoms with Crippen molar-refractivity contribution in [3.05, 3.63) is 56.8 Å². The first kappa shape index (κ1) is 75.3. The van der Waals surface area contributed by atoms with Crippen molar-refractivity contribution in [2.75, 3.05) is 45.2 Å². The van der Waals surface area contributed by atoms with Crippen LogP contribution in [0.25, 0.3) is 10.7 Å². The fourth-order valence-electron chi connectivity index (χ4n) is 9.46. The number of imidazole rings is 1. The van der Waals surface area contributed by atoms with E-state index in [4.69, 9.17) is 62.8 Å². The minimum atomic E-state index is -2.20. The molecule has 26 N–H and O–H groups in total. The summed E-state index contributed by atoms with van der Waals surface area (Å²) in [5, 5.41) is 105. The van der Waals surface area contributed by atoms with Gasteiger partial charge in [-0.05, 0) is 33.7 Å². The molecule has 0 bridgehead atoms. The average Bonchev–Trinajstić information content (AvgIpc) is 0.993. The summed E-state index contributed by atoms with van der Waals surface area (Å²) in [6, 6.07) is -7.87. The van der Waals surface area contributed by atoms with E-state index in [1.54, 1.807) is 5.38 Å². The lowest BCUT2D eigenvalue weighted by molar-refractivity contribution is -0.372. The van der Waals surface area contributed by atoms with Gasteiger partial charge in [0.1, 0.15) is 89.0 Å². The van der Waals surface area contributed by atoms with E-state index >= 15 is 4.79 Å². The van der Waals surface area contributed by atoms with Crippen molar-refractivity contribution in [1.82, 2.24) is 56.5 Å². The quantitative estimate of drug-likeness (QED) is 0.0153. The Morgan fingerprint density at radius 3 is 2.13 bits per heavy atom. The van der Waals surface area contributed by atoms with Crippen molar-refractivity contribution in [1.29, 1.82) is 0 Å². The highest BCUT2D eigenvalue weighted by molar-refractivity contribution is 7.14. The second-order valence-electron chi connectivity index (χ2n) is 21.8. The van der Waals surface area contributed by atoms with Crippen LogP contribution in [-0.4, -0.2) is 256 Å². The zero-order chi connectivity index (χ0) is 69.4. The van der Waals surface area contributed by atoms with Gasteiger partial charge < -0.3 is 135 Å². The Bertz CT molecular complexity index is 3220. The maximum Gasteiger partial charge on any atom is 0.404 e. The third-order valence-electron chi connectivity index (χ3n) is 14.8. The maximum absolute atomic E-state index is 15.2. The highest BCUT2D eigenvalue weighted by Gasteiger charge is 2.54. The van der Waals surface area contributed by atoms with Crippen LogP contribution in [0, 0.1) is 12.8 Å². The number of aliphatic hydroxyl groups excluding tert-OH is 8. The zero-order valence-corrected chi connectivity index (χ0v) is 52.6. The van der Waals surface area contributed by atoms with Gasteiger partial charge in [-0.2, -0.15) is 0 Å². The van der Waals surface area contributed by atoms with E-state index in [2.05, 4.69) is 56.5 Å². The zero-order valence-electron chi connectivity index (χ0n) is 51.0. The van der Waals surface area contributed by atoms with Crippen LogP contribution in [-0.2, 0) is 58.8 Å². The van der Waals surface area contributed by atoms with Crippen LogP contribution >= 0.6 is 22.7 Å². The fraction of sp³-hybridized carbons (Fsp3) is 0.604. The lowest BCUT2D eigenvalue weighted by Gasteiger charge is -2.47. The van der Waals surface area contributed by atoms with Gasteiger partial charge in [0.25, 0.3) is 5.91 Å². The Balaban J connectivity index is 1.28. The second kappa shape index (κ2) is 34.6. The molecule has 6 heterocycles. The number of ether oxygens (including phenoxy) is 6. The lowest BCUT2D eigenvalue weighted by Crippen LogP contribution is -2.65. The minimum Gasteiger partial charge on any atom is -0.461 e. The average molecular weight is 1370 g/mol. The molecule has 2 aliphatic rings. The van der Waals surface area contributed by atoms with Crippen LogP contribution in [0.5, 0.6) is 0 Å². The van der Waals surface area contributed by atoms with Crippen molar-refractivity contribution in [3.8, 4) is 10.7 Å². The number of carbonyl (C=O) groups is 8. The molecule has 0 spiro atoms. The van der Waals surface area contributed by atoms with E-state index in [1.807, 2.05) is 0 Å². The molecule has 0 aliphatic carbocycles. The van der Waals surface area contributed by atoms with Gasteiger partial charge in [-0.3, -0.25) is 28.8 Å². The number of rotatable bonds is 34. The third-order valence-corrected chi connectivity index (χ3v) is 16.6. The first-order valence-corrected chi connectivity index (χ1v) is 30.8. The fourth-order valence-corrected chi connectivity index (χ4v) is 11.1. The van der Waals surface area contributed by atoms with Gasteiger partial charge in [-0.15, -0.1) is 22.7 Å². The molecule has 94 heavy (non-hydrogen) atoms. The number of carbonyl (C=O) groups excluding carboxylic acids is 8. The number of H-pyrrole nitrogens is 1. The van der Waals surface area contributed by atoms with Crippen molar-refractivity contribution >= 4 is 76.0 Å². The first-order chi connectivity index (χ1) is 44.5. The summed E-state index contributed by atoms with van der Waals surface area (Å²) in [5.74, 6) is -9.05. The molecule has 2 fully saturated rings. The molecule has 4 aromatic rings. The molecule has 2 aliphatic heterocycles. The van der Waals surface area contributed by atoms with Crippen LogP contribution in [0.1, 0.15) is 88.8 Å². The van der Waals surface area contributed by atoms with E-state index < -0.39 is 189 Å². The Hall–Kier alpha value is -7.69. The van der Waals surface area contributed by atoms with Crippen LogP contribution < -0.4 is 61.0 Å². The van der Waals surface area contributed by atoms with Gasteiger partial charge in [-0.25, -0.2) is 34.5 Å². The van der Waals surface area contributed by atoms with Crippen LogP contribution in [0.3, 0.4) is 0 Å². The molecular weight excluding hydrogens is 1290 g/mol. The van der Waals surface area contributed by atoms with Gasteiger partial charge in [0.15, 0.2) is 24.4 Å². The number of nitrogens with two attached hydrogens (primary N) is 6. The molecule has 0 radical (unpaired) electrons. The largest absolute Gasteiger partial charge is 0.461 e. The minimum absolute atomic E-state index is 0.0247. The van der Waals surface area contributed by atoms with Gasteiger partial charge in [0.2, 0.25) is 29.5 Å². The summed E-state index contributed by atoms with van der Waals surface area (Å²) >= 11 is 2.42. The summed E-state index contributed by atoms with van der Waals surface area (Å²) in [6.45, 7) is 3.08. The molecule has 6 rings (SSSR count). The number of esters is 1. The van der Waals surface area contributed by atoms with Crippen LogP contribution in [0.2, 0.25) is 0 Å². The van der Waals surface area contributed by atoms with Crippen molar-refractivity contribution < 1.29 is 108 Å². The molecule has 39 nitrogen and oxygen atoms in total. The second-order valence-corrected chi connectivity index (χ2v) is 23.6. The van der Waals surface area contributed by atoms with Crippen molar-refractivity contribution in [2.45, 2.75) is 157 Å². The Labute approximate surface area is 542 Å². The number of primary amides is 3. The van der Waals surface area contributed by atoms with Crippen LogP contribution in [0.15, 0.2) is 23.3 Å². The van der Waals surface area contributed by atoms with E-state index in [-0.39, 0.29) is 54.7 Å². The normalized spacial score (nSPS) is 24.2. The number of nitrogens with zero attached hydrogens (tertiary/aromatic N) is 5. The third kappa shape index (κ3) is 19.5. The number of thiazole rings is 2. The number of aromatic amines is 1. The lowest BCUT2D eigenvalue weighted by atomic mass is 9.96. The Morgan fingerprint density at radius 2 is 1.50 bits per heavy atom. The molecule has 7 amide bonds. The number of aliphatic hydroxyl groups is 8. The van der Waals surface area contributed by atoms with Crippen molar-refractivity contribution in [2.24, 2.45) is 34.6 Å². The number of aromatic nitrogens is 6. The van der Waals surface area contributed by atoms with Gasteiger partial charge in [0.05, 0.1) is 79.3 Å². The SMILES string of the molecule is Cc1c(N)nc(C(CC(N)=O)NCC(N)C(N)=O)nc1C(=O)NC(C(=O)NC(C)C(O)C(C)C(=O)NC(C(=O)NCCc1nc(-c2nc(C(=O)OCCCN)cs2)cs1)C(C)O)C(OC1OC(CO)C(O)C(O)C1OC1OC(CO)C(O)C(OC(N)=O)C1O)c1cnc[nH]1. The van der Waals surface area contributed by atoms with Gasteiger partial charge in [0, 0.05) is 42.3 Å². The van der Waals surface area contributed by atoms with Crippen molar-refractivity contribution in [3.63, 3.8) is 0 Å². The molecule has 19 atom stereocenters. The predicted molar refractivity (Wildman–Crippen MR) is 322 cm³/mol. The topological polar surface area (TPSA) is 650 Å². The Kier molecular flexibility index (Phi) is 27.8. The molecule has 2 saturated heterocycles. The van der Waals surface area contributed by atoms with E-state index in [1.165, 1.54) is 55.7 Å². The first-order valence-electron chi connectivity index (χ1n) is 29.0. The molecular formula is C53H79N17O22S2. The maximum atomic E-state index is 15.2. The number of amides is 7. The number of anilines is 1. The molecule has 520 valence electrons. The van der Waals surface area contributed by atoms with E-state index in [0.717, 1.165) is 12.5 Å². The predicted octanol–water partition coefficient (Wildman–Crippen LogP) is -8.20. The van der Waals surface area contributed by atoms with Gasteiger partial charge >= 0.3 is 12.1 Å². The summed E-state index contributed by atoms with van der Waals surface area (Å²) in [5.41, 5.74) is 33.3. The summed E-state index contributed by atoms with van der Waals surface area (Å²) in [4.78, 5) is 130.